The molecule has 0 aliphatic carbocycles. The molecule has 1 N–H and O–H groups in total. The van der Waals surface area contributed by atoms with Crippen molar-refractivity contribution >= 4 is 34.5 Å². The molecule has 1 heterocycles. The summed E-state index contributed by atoms with van der Waals surface area (Å²) in [6.07, 6.45) is 0.786. The van der Waals surface area contributed by atoms with Gasteiger partial charge in [0.1, 0.15) is 0 Å². The van der Waals surface area contributed by atoms with Crippen LogP contribution in [-0.4, -0.2) is 11.7 Å². The lowest BCUT2D eigenvalue weighted by atomic mass is 9.96. The predicted octanol–water partition coefficient (Wildman–Crippen LogP) is 4.37. The smallest absolute Gasteiger partial charge is 0.0931 e. The van der Waals surface area contributed by atoms with Crippen molar-refractivity contribution in [2.45, 2.75) is 12.3 Å². The van der Waals surface area contributed by atoms with Gasteiger partial charge in [-0.3, -0.25) is 0 Å². The van der Waals surface area contributed by atoms with Crippen molar-refractivity contribution in [2.75, 3.05) is 6.61 Å². The molecule has 2 rings (SSSR count). The molecule has 0 aliphatic rings. The summed E-state index contributed by atoms with van der Waals surface area (Å²) < 4.78 is 0.780. The molecule has 0 saturated heterocycles. The average molecular weight is 287 g/mol. The highest BCUT2D eigenvalue weighted by molar-refractivity contribution is 7.16. The highest BCUT2D eigenvalue weighted by atomic mass is 35.5. The first-order valence-corrected chi connectivity index (χ1v) is 6.87. The Labute approximate surface area is 115 Å². The van der Waals surface area contributed by atoms with Gasteiger partial charge >= 0.3 is 0 Å². The Kier molecular flexibility index (Phi) is 4.46. The van der Waals surface area contributed by atoms with Crippen molar-refractivity contribution in [3.63, 3.8) is 0 Å². The summed E-state index contributed by atoms with van der Waals surface area (Å²) >= 11 is 13.4. The van der Waals surface area contributed by atoms with Crippen molar-refractivity contribution in [3.8, 4) is 0 Å². The van der Waals surface area contributed by atoms with E-state index >= 15 is 0 Å². The van der Waals surface area contributed by atoms with Crippen LogP contribution in [0.4, 0.5) is 0 Å². The largest absolute Gasteiger partial charge is 0.396 e. The van der Waals surface area contributed by atoms with E-state index in [-0.39, 0.29) is 12.5 Å². The molecule has 1 aromatic carbocycles. The standard InChI is InChI=1S/C13H12Cl2OS/c14-11-3-1-2-9(6-11)10(8-16)7-12-4-5-13(15)17-12/h1-6,10,16H,7-8H2. The van der Waals surface area contributed by atoms with Gasteiger partial charge in [0.05, 0.1) is 10.9 Å². The number of thiophene rings is 1. The Morgan fingerprint density at radius 2 is 2.00 bits per heavy atom. The summed E-state index contributed by atoms with van der Waals surface area (Å²) in [7, 11) is 0. The molecule has 1 atom stereocenters. The minimum Gasteiger partial charge on any atom is -0.396 e. The highest BCUT2D eigenvalue weighted by Crippen LogP contribution is 2.28. The van der Waals surface area contributed by atoms with E-state index in [1.54, 1.807) is 11.3 Å². The fourth-order valence-corrected chi connectivity index (χ4v) is 3.12. The third kappa shape index (κ3) is 3.46. The predicted molar refractivity (Wildman–Crippen MR) is 74.3 cm³/mol. The molecule has 4 heteroatoms. The molecule has 0 saturated carbocycles. The molecule has 0 aliphatic heterocycles. The first-order valence-electron chi connectivity index (χ1n) is 5.29. The van der Waals surface area contributed by atoms with Gasteiger partial charge in [0.15, 0.2) is 0 Å². The van der Waals surface area contributed by atoms with E-state index in [1.807, 2.05) is 36.4 Å². The Bertz CT molecular complexity index is 496. The average Bonchev–Trinajstić information content (AvgIpc) is 2.72. The summed E-state index contributed by atoms with van der Waals surface area (Å²) in [5.41, 5.74) is 1.06. The molecule has 90 valence electrons. The van der Waals surface area contributed by atoms with Gasteiger partial charge in [0.25, 0.3) is 0 Å². The molecule has 17 heavy (non-hydrogen) atoms. The zero-order chi connectivity index (χ0) is 12.3. The van der Waals surface area contributed by atoms with Gasteiger partial charge in [-0.05, 0) is 36.2 Å². The molecular weight excluding hydrogens is 275 g/mol. The summed E-state index contributed by atoms with van der Waals surface area (Å²) in [6, 6.07) is 11.5. The van der Waals surface area contributed by atoms with E-state index in [0.29, 0.717) is 5.02 Å². The van der Waals surface area contributed by atoms with Crippen LogP contribution in [0.25, 0.3) is 0 Å². The van der Waals surface area contributed by atoms with Crippen molar-refractivity contribution in [2.24, 2.45) is 0 Å². The lowest BCUT2D eigenvalue weighted by Gasteiger charge is -2.13. The maximum absolute atomic E-state index is 9.47. The van der Waals surface area contributed by atoms with Crippen LogP contribution in [0, 0.1) is 0 Å². The van der Waals surface area contributed by atoms with E-state index in [9.17, 15) is 5.11 Å². The van der Waals surface area contributed by atoms with E-state index in [0.717, 1.165) is 16.3 Å². The van der Waals surface area contributed by atoms with Crippen LogP contribution >= 0.6 is 34.5 Å². The molecular formula is C13H12Cl2OS. The van der Waals surface area contributed by atoms with Crippen LogP contribution in [0.1, 0.15) is 16.4 Å². The van der Waals surface area contributed by atoms with Crippen LogP contribution in [-0.2, 0) is 6.42 Å². The zero-order valence-corrected chi connectivity index (χ0v) is 11.4. The summed E-state index contributed by atoms with van der Waals surface area (Å²) in [5.74, 6) is 0.0726. The number of rotatable bonds is 4. The molecule has 0 spiro atoms. The second kappa shape index (κ2) is 5.87. The van der Waals surface area contributed by atoms with E-state index in [4.69, 9.17) is 23.2 Å². The Balaban J connectivity index is 2.16. The topological polar surface area (TPSA) is 20.2 Å². The van der Waals surface area contributed by atoms with Crippen LogP contribution in [0.3, 0.4) is 0 Å². The molecule has 2 aromatic rings. The highest BCUT2D eigenvalue weighted by Gasteiger charge is 2.13. The van der Waals surface area contributed by atoms with Gasteiger partial charge in [-0.1, -0.05) is 35.3 Å². The van der Waals surface area contributed by atoms with Gasteiger partial charge in [-0.2, -0.15) is 0 Å². The van der Waals surface area contributed by atoms with E-state index < -0.39 is 0 Å². The van der Waals surface area contributed by atoms with Crippen LogP contribution in [0.2, 0.25) is 9.36 Å². The minimum atomic E-state index is 0.0726. The third-order valence-corrected chi connectivity index (χ3v) is 4.11. The molecule has 1 unspecified atom stereocenters. The zero-order valence-electron chi connectivity index (χ0n) is 9.07. The first-order chi connectivity index (χ1) is 8.19. The lowest BCUT2D eigenvalue weighted by Crippen LogP contribution is -2.06. The van der Waals surface area contributed by atoms with Crippen molar-refractivity contribution < 1.29 is 5.11 Å². The maximum Gasteiger partial charge on any atom is 0.0931 e. The molecule has 0 radical (unpaired) electrons. The second-order valence-corrected chi connectivity index (χ2v) is 6.08. The first kappa shape index (κ1) is 12.9. The summed E-state index contributed by atoms with van der Waals surface area (Å²) in [6.45, 7) is 0.107. The fraction of sp³-hybridized carbons (Fsp3) is 0.231. The van der Waals surface area contributed by atoms with E-state index in [1.165, 1.54) is 4.88 Å². The van der Waals surface area contributed by atoms with Gasteiger partial charge < -0.3 is 5.11 Å². The number of aliphatic hydroxyl groups is 1. The molecule has 0 fully saturated rings. The van der Waals surface area contributed by atoms with E-state index in [2.05, 4.69) is 0 Å². The van der Waals surface area contributed by atoms with Crippen LogP contribution in [0.15, 0.2) is 36.4 Å². The monoisotopic (exact) mass is 286 g/mol. The molecule has 0 amide bonds. The van der Waals surface area contributed by atoms with Gasteiger partial charge in [-0.25, -0.2) is 0 Å². The SMILES string of the molecule is OCC(Cc1ccc(Cl)s1)c1cccc(Cl)c1. The minimum absolute atomic E-state index is 0.0726. The second-order valence-electron chi connectivity index (χ2n) is 3.84. The Morgan fingerprint density at radius 3 is 2.59 bits per heavy atom. The molecule has 1 nitrogen and oxygen atoms in total. The number of hydrogen-bond acceptors (Lipinski definition) is 2. The summed E-state index contributed by atoms with van der Waals surface area (Å²) in [5, 5.41) is 10.2. The van der Waals surface area contributed by atoms with Crippen molar-refractivity contribution in [3.05, 3.63) is 56.2 Å². The van der Waals surface area contributed by atoms with Crippen LogP contribution in [0.5, 0.6) is 0 Å². The van der Waals surface area contributed by atoms with Crippen molar-refractivity contribution in [1.82, 2.24) is 0 Å². The summed E-state index contributed by atoms with van der Waals surface area (Å²) in [4.78, 5) is 1.18. The number of aliphatic hydroxyl groups excluding tert-OH is 1. The number of benzene rings is 1. The van der Waals surface area contributed by atoms with Gasteiger partial charge in [-0.15, -0.1) is 11.3 Å². The molecule has 1 aromatic heterocycles. The fourth-order valence-electron chi connectivity index (χ4n) is 1.75. The van der Waals surface area contributed by atoms with Gasteiger partial charge in [0.2, 0.25) is 0 Å². The van der Waals surface area contributed by atoms with Gasteiger partial charge in [0, 0.05) is 15.8 Å². The maximum atomic E-state index is 9.47. The molecule has 0 bridgehead atoms. The quantitative estimate of drug-likeness (QED) is 0.885. The Hall–Kier alpha value is -0.540. The van der Waals surface area contributed by atoms with Crippen LogP contribution < -0.4 is 0 Å². The number of hydrogen-bond donors (Lipinski definition) is 1. The Morgan fingerprint density at radius 1 is 1.18 bits per heavy atom. The normalized spacial score (nSPS) is 12.6. The van der Waals surface area contributed by atoms with Crippen molar-refractivity contribution in [1.29, 1.82) is 0 Å². The third-order valence-electron chi connectivity index (χ3n) is 2.62. The lowest BCUT2D eigenvalue weighted by molar-refractivity contribution is 0.265. The number of halogens is 2.